The number of likely N-dealkylation sites (N-methyl/N-ethyl adjacent to an activating group) is 1. The Bertz CT molecular complexity index is 853. The molecule has 0 unspecified atom stereocenters. The van der Waals surface area contributed by atoms with Crippen LogP contribution in [0.5, 0.6) is 0 Å². The molecule has 1 N–H and O–H groups in total. The highest BCUT2D eigenvalue weighted by molar-refractivity contribution is 5.91. The third kappa shape index (κ3) is 5.87. The highest BCUT2D eigenvalue weighted by Crippen LogP contribution is 2.09. The molecule has 0 radical (unpaired) electrons. The summed E-state index contributed by atoms with van der Waals surface area (Å²) in [6.45, 7) is 1.42. The van der Waals surface area contributed by atoms with Crippen LogP contribution >= 0.6 is 0 Å². The second-order valence-corrected chi connectivity index (χ2v) is 6.63. The molecular formula is C22H25N5O. The van der Waals surface area contributed by atoms with Gasteiger partial charge in [-0.3, -0.25) is 9.78 Å². The molecule has 0 atom stereocenters. The smallest absolute Gasteiger partial charge is 0.271 e. The Kier molecular flexibility index (Phi) is 7.07. The fourth-order valence-electron chi connectivity index (χ4n) is 2.83. The fraction of sp³-hybridized carbons (Fsp3) is 0.273. The van der Waals surface area contributed by atoms with Crippen LogP contribution in [0.2, 0.25) is 0 Å². The zero-order chi connectivity index (χ0) is 19.6. The maximum Gasteiger partial charge on any atom is 0.271 e. The zero-order valence-electron chi connectivity index (χ0n) is 16.1. The Labute approximate surface area is 165 Å². The predicted octanol–water partition coefficient (Wildman–Crippen LogP) is 2.91. The van der Waals surface area contributed by atoms with Crippen molar-refractivity contribution >= 4 is 11.7 Å². The van der Waals surface area contributed by atoms with Gasteiger partial charge in [0.05, 0.1) is 12.4 Å². The summed E-state index contributed by atoms with van der Waals surface area (Å²) in [5.41, 5.74) is 2.84. The van der Waals surface area contributed by atoms with E-state index in [-0.39, 0.29) is 5.91 Å². The third-order valence-electron chi connectivity index (χ3n) is 4.52. The Hall–Kier alpha value is -3.28. The molecule has 1 aromatic carbocycles. The predicted molar refractivity (Wildman–Crippen MR) is 110 cm³/mol. The Morgan fingerprint density at radius 2 is 1.71 bits per heavy atom. The van der Waals surface area contributed by atoms with E-state index in [4.69, 9.17) is 0 Å². The molecule has 0 bridgehead atoms. The maximum atomic E-state index is 12.2. The number of amides is 1. The van der Waals surface area contributed by atoms with Crippen molar-refractivity contribution in [2.75, 3.05) is 25.0 Å². The quantitative estimate of drug-likeness (QED) is 0.582. The number of hydrogen-bond donors (Lipinski definition) is 1. The molecule has 3 aromatic rings. The van der Waals surface area contributed by atoms with Crippen LogP contribution in [-0.2, 0) is 12.8 Å². The molecule has 0 aliphatic heterocycles. The number of carbonyl (C=O) groups is 1. The van der Waals surface area contributed by atoms with Gasteiger partial charge >= 0.3 is 0 Å². The minimum atomic E-state index is -0.188. The molecule has 28 heavy (non-hydrogen) atoms. The second kappa shape index (κ2) is 10.2. The number of nitrogens with zero attached hydrogens (tertiary/aromatic N) is 4. The lowest BCUT2D eigenvalue weighted by molar-refractivity contribution is 0.0948. The SMILES string of the molecule is CN(CCc1ccncc1)c1cnc(C(=O)NCCCc2ccccc2)cn1. The van der Waals surface area contributed by atoms with Crippen molar-refractivity contribution in [1.29, 1.82) is 0 Å². The first-order chi connectivity index (χ1) is 13.7. The average molecular weight is 375 g/mol. The third-order valence-corrected chi connectivity index (χ3v) is 4.52. The minimum absolute atomic E-state index is 0.188. The molecule has 3 rings (SSSR count). The normalized spacial score (nSPS) is 10.5. The van der Waals surface area contributed by atoms with E-state index in [1.807, 2.05) is 42.3 Å². The fourth-order valence-corrected chi connectivity index (χ4v) is 2.83. The highest BCUT2D eigenvalue weighted by atomic mass is 16.1. The molecule has 0 aliphatic carbocycles. The van der Waals surface area contributed by atoms with Gasteiger partial charge in [-0.2, -0.15) is 0 Å². The van der Waals surface area contributed by atoms with E-state index in [0.717, 1.165) is 31.6 Å². The van der Waals surface area contributed by atoms with Gasteiger partial charge in [0.1, 0.15) is 11.5 Å². The Morgan fingerprint density at radius 3 is 2.43 bits per heavy atom. The lowest BCUT2D eigenvalue weighted by Gasteiger charge is -2.17. The summed E-state index contributed by atoms with van der Waals surface area (Å²) in [7, 11) is 1.97. The molecule has 2 heterocycles. The van der Waals surface area contributed by atoms with E-state index in [1.165, 1.54) is 17.3 Å². The maximum absolute atomic E-state index is 12.2. The van der Waals surface area contributed by atoms with E-state index in [9.17, 15) is 4.79 Å². The second-order valence-electron chi connectivity index (χ2n) is 6.63. The molecule has 2 aromatic heterocycles. The lowest BCUT2D eigenvalue weighted by atomic mass is 10.1. The first kappa shape index (κ1) is 19.5. The summed E-state index contributed by atoms with van der Waals surface area (Å²) in [4.78, 5) is 26.9. The van der Waals surface area contributed by atoms with Crippen LogP contribution < -0.4 is 10.2 Å². The monoisotopic (exact) mass is 375 g/mol. The first-order valence-electron chi connectivity index (χ1n) is 9.46. The molecule has 0 spiro atoms. The molecule has 6 heteroatoms. The summed E-state index contributed by atoms with van der Waals surface area (Å²) in [5.74, 6) is 0.557. The van der Waals surface area contributed by atoms with Crippen molar-refractivity contribution < 1.29 is 4.79 Å². The van der Waals surface area contributed by atoms with Gasteiger partial charge in [0.25, 0.3) is 5.91 Å². The zero-order valence-corrected chi connectivity index (χ0v) is 16.1. The summed E-state index contributed by atoms with van der Waals surface area (Å²) >= 11 is 0. The number of rotatable bonds is 9. The van der Waals surface area contributed by atoms with Crippen LogP contribution in [0.4, 0.5) is 5.82 Å². The standard InChI is InChI=1S/C22H25N5O/c1-27(15-11-19-9-13-23-14-10-19)21-17-25-20(16-26-21)22(28)24-12-5-8-18-6-3-2-4-7-18/h2-4,6-7,9-10,13-14,16-17H,5,8,11-12,15H2,1H3,(H,24,28). The lowest BCUT2D eigenvalue weighted by Crippen LogP contribution is -2.26. The summed E-state index contributed by atoms with van der Waals surface area (Å²) in [5, 5.41) is 2.90. The molecule has 0 fully saturated rings. The number of aromatic nitrogens is 3. The van der Waals surface area contributed by atoms with Crippen LogP contribution in [-0.4, -0.2) is 41.0 Å². The van der Waals surface area contributed by atoms with Gasteiger partial charge in [-0.15, -0.1) is 0 Å². The number of benzene rings is 1. The topological polar surface area (TPSA) is 71.0 Å². The van der Waals surface area contributed by atoms with Crippen LogP contribution in [0.1, 0.15) is 28.0 Å². The van der Waals surface area contributed by atoms with Crippen LogP contribution in [0.25, 0.3) is 0 Å². The van der Waals surface area contributed by atoms with Crippen molar-refractivity contribution in [2.24, 2.45) is 0 Å². The van der Waals surface area contributed by atoms with E-state index < -0.39 is 0 Å². The van der Waals surface area contributed by atoms with E-state index in [2.05, 4.69) is 32.4 Å². The molecule has 0 saturated carbocycles. The summed E-state index contributed by atoms with van der Waals surface area (Å²) < 4.78 is 0. The number of carbonyl (C=O) groups excluding carboxylic acids is 1. The van der Waals surface area contributed by atoms with E-state index >= 15 is 0 Å². The van der Waals surface area contributed by atoms with Crippen molar-refractivity contribution in [1.82, 2.24) is 20.3 Å². The van der Waals surface area contributed by atoms with Gasteiger partial charge in [-0.1, -0.05) is 30.3 Å². The molecule has 6 nitrogen and oxygen atoms in total. The van der Waals surface area contributed by atoms with Crippen molar-refractivity contribution in [3.05, 3.63) is 84.1 Å². The number of pyridine rings is 1. The molecular weight excluding hydrogens is 350 g/mol. The van der Waals surface area contributed by atoms with Crippen LogP contribution in [0.3, 0.4) is 0 Å². The molecule has 144 valence electrons. The number of anilines is 1. The van der Waals surface area contributed by atoms with Crippen molar-refractivity contribution in [2.45, 2.75) is 19.3 Å². The van der Waals surface area contributed by atoms with E-state index in [0.29, 0.717) is 12.2 Å². The summed E-state index contributed by atoms with van der Waals surface area (Å²) in [6, 6.07) is 14.3. The number of nitrogens with one attached hydrogen (secondary N) is 1. The average Bonchev–Trinajstić information content (AvgIpc) is 2.76. The van der Waals surface area contributed by atoms with Gasteiger partial charge < -0.3 is 10.2 Å². The first-order valence-corrected chi connectivity index (χ1v) is 9.46. The van der Waals surface area contributed by atoms with Gasteiger partial charge in [0.15, 0.2) is 0 Å². The van der Waals surface area contributed by atoms with Gasteiger partial charge in [0.2, 0.25) is 0 Å². The van der Waals surface area contributed by atoms with Crippen molar-refractivity contribution in [3.63, 3.8) is 0 Å². The molecule has 0 aliphatic rings. The molecule has 1 amide bonds. The van der Waals surface area contributed by atoms with Crippen LogP contribution in [0, 0.1) is 0 Å². The minimum Gasteiger partial charge on any atom is -0.358 e. The highest BCUT2D eigenvalue weighted by Gasteiger charge is 2.09. The van der Waals surface area contributed by atoms with Gasteiger partial charge in [-0.25, -0.2) is 9.97 Å². The number of hydrogen-bond acceptors (Lipinski definition) is 5. The van der Waals surface area contributed by atoms with Crippen LogP contribution in [0.15, 0.2) is 67.3 Å². The van der Waals surface area contributed by atoms with Gasteiger partial charge in [0, 0.05) is 32.5 Å². The van der Waals surface area contributed by atoms with E-state index in [1.54, 1.807) is 18.6 Å². The Morgan fingerprint density at radius 1 is 0.964 bits per heavy atom. The summed E-state index contributed by atoms with van der Waals surface area (Å²) in [6.07, 6.45) is 9.48. The van der Waals surface area contributed by atoms with Gasteiger partial charge in [-0.05, 0) is 42.5 Å². The number of aryl methyl sites for hydroxylation is 1. The largest absolute Gasteiger partial charge is 0.358 e. The van der Waals surface area contributed by atoms with Crippen molar-refractivity contribution in [3.8, 4) is 0 Å². The molecule has 0 saturated heterocycles. The Balaban J connectivity index is 1.43.